The van der Waals surface area contributed by atoms with Gasteiger partial charge in [0.15, 0.2) is 0 Å². The Bertz CT molecular complexity index is 832. The van der Waals surface area contributed by atoms with Crippen LogP contribution in [-0.4, -0.2) is 28.5 Å². The van der Waals surface area contributed by atoms with E-state index in [0.717, 1.165) is 36.1 Å². The molecule has 0 radical (unpaired) electrons. The monoisotopic (exact) mass is 333 g/mol. The predicted octanol–water partition coefficient (Wildman–Crippen LogP) is 3.91. The van der Waals surface area contributed by atoms with Crippen LogP contribution in [0.4, 0.5) is 17.3 Å². The first-order valence-corrected chi connectivity index (χ1v) is 8.40. The molecule has 0 saturated carbocycles. The van der Waals surface area contributed by atoms with Crippen LogP contribution in [0.15, 0.2) is 54.9 Å². The highest BCUT2D eigenvalue weighted by molar-refractivity contribution is 5.62. The normalized spacial score (nSPS) is 10.5. The third kappa shape index (κ3) is 4.53. The second-order valence-electron chi connectivity index (χ2n) is 6.13. The molecule has 2 aromatic heterocycles. The molecule has 0 atom stereocenters. The van der Waals surface area contributed by atoms with Gasteiger partial charge in [0.2, 0.25) is 0 Å². The number of rotatable bonds is 6. The fraction of sp³-hybridized carbons (Fsp3) is 0.250. The van der Waals surface area contributed by atoms with Crippen molar-refractivity contribution in [2.75, 3.05) is 23.8 Å². The number of hydrogen-bond donors (Lipinski definition) is 1. The van der Waals surface area contributed by atoms with Gasteiger partial charge in [-0.3, -0.25) is 4.98 Å². The van der Waals surface area contributed by atoms with E-state index < -0.39 is 0 Å². The summed E-state index contributed by atoms with van der Waals surface area (Å²) in [6.45, 7) is 4.88. The summed E-state index contributed by atoms with van der Waals surface area (Å²) >= 11 is 0. The first kappa shape index (κ1) is 16.9. The van der Waals surface area contributed by atoms with Crippen molar-refractivity contribution in [3.8, 4) is 0 Å². The lowest BCUT2D eigenvalue weighted by Crippen LogP contribution is -2.22. The maximum absolute atomic E-state index is 4.57. The molecular weight excluding hydrogens is 310 g/mol. The first-order chi connectivity index (χ1) is 12.1. The SMILES string of the molecule is Cc1nc(Nc2ccccc2C)cc(N(C)CCc2ccncc2)n1. The van der Waals surface area contributed by atoms with Crippen LogP contribution in [0.3, 0.4) is 0 Å². The number of pyridine rings is 1. The zero-order chi connectivity index (χ0) is 17.6. The van der Waals surface area contributed by atoms with E-state index in [1.807, 2.05) is 49.6 Å². The molecular formula is C20H23N5. The maximum Gasteiger partial charge on any atom is 0.136 e. The summed E-state index contributed by atoms with van der Waals surface area (Å²) in [7, 11) is 2.06. The summed E-state index contributed by atoms with van der Waals surface area (Å²) in [4.78, 5) is 15.3. The van der Waals surface area contributed by atoms with E-state index in [-0.39, 0.29) is 0 Å². The molecule has 1 N–H and O–H groups in total. The zero-order valence-electron chi connectivity index (χ0n) is 14.9. The van der Waals surface area contributed by atoms with E-state index in [2.05, 4.69) is 51.3 Å². The molecule has 128 valence electrons. The Kier molecular flexibility index (Phi) is 5.23. The van der Waals surface area contributed by atoms with Crippen LogP contribution in [0.5, 0.6) is 0 Å². The Morgan fingerprint density at radius 3 is 2.52 bits per heavy atom. The van der Waals surface area contributed by atoms with Gasteiger partial charge < -0.3 is 10.2 Å². The molecule has 0 saturated heterocycles. The number of aromatic nitrogens is 3. The van der Waals surface area contributed by atoms with Crippen molar-refractivity contribution in [1.29, 1.82) is 0 Å². The maximum atomic E-state index is 4.57. The molecule has 5 heteroatoms. The van der Waals surface area contributed by atoms with Gasteiger partial charge in [-0.1, -0.05) is 18.2 Å². The molecule has 0 aliphatic heterocycles. The molecule has 3 aromatic rings. The number of hydrogen-bond acceptors (Lipinski definition) is 5. The Balaban J connectivity index is 1.73. The second-order valence-corrected chi connectivity index (χ2v) is 6.13. The van der Waals surface area contributed by atoms with Gasteiger partial charge in [0.1, 0.15) is 17.5 Å². The molecule has 0 amide bonds. The fourth-order valence-electron chi connectivity index (χ4n) is 2.62. The van der Waals surface area contributed by atoms with E-state index in [4.69, 9.17) is 0 Å². The third-order valence-corrected chi connectivity index (χ3v) is 4.11. The van der Waals surface area contributed by atoms with Crippen LogP contribution in [0.1, 0.15) is 17.0 Å². The van der Waals surface area contributed by atoms with Crippen molar-refractivity contribution in [2.24, 2.45) is 0 Å². The topological polar surface area (TPSA) is 53.9 Å². The van der Waals surface area contributed by atoms with Gasteiger partial charge in [0, 0.05) is 37.7 Å². The minimum absolute atomic E-state index is 0.754. The van der Waals surface area contributed by atoms with E-state index in [9.17, 15) is 0 Å². The van der Waals surface area contributed by atoms with Crippen molar-refractivity contribution in [1.82, 2.24) is 15.0 Å². The first-order valence-electron chi connectivity index (χ1n) is 8.40. The minimum Gasteiger partial charge on any atom is -0.359 e. The Hall–Kier alpha value is -2.95. The summed E-state index contributed by atoms with van der Waals surface area (Å²) in [5.74, 6) is 2.48. The fourth-order valence-corrected chi connectivity index (χ4v) is 2.62. The van der Waals surface area contributed by atoms with Gasteiger partial charge in [-0.05, 0) is 49.6 Å². The van der Waals surface area contributed by atoms with Gasteiger partial charge >= 0.3 is 0 Å². The molecule has 1 aromatic carbocycles. The largest absolute Gasteiger partial charge is 0.359 e. The van der Waals surface area contributed by atoms with Crippen molar-refractivity contribution in [3.05, 3.63) is 71.8 Å². The number of benzene rings is 1. The summed E-state index contributed by atoms with van der Waals surface area (Å²) in [5, 5.41) is 3.40. The van der Waals surface area contributed by atoms with Gasteiger partial charge in [-0.25, -0.2) is 9.97 Å². The average molecular weight is 333 g/mol. The van der Waals surface area contributed by atoms with Gasteiger partial charge in [0.05, 0.1) is 0 Å². The Labute approximate surface area is 148 Å². The minimum atomic E-state index is 0.754. The number of anilines is 3. The van der Waals surface area contributed by atoms with Crippen LogP contribution in [-0.2, 0) is 6.42 Å². The molecule has 5 nitrogen and oxygen atoms in total. The van der Waals surface area contributed by atoms with E-state index in [0.29, 0.717) is 0 Å². The Morgan fingerprint density at radius 2 is 1.76 bits per heavy atom. The average Bonchev–Trinajstić information content (AvgIpc) is 2.62. The van der Waals surface area contributed by atoms with Crippen molar-refractivity contribution < 1.29 is 0 Å². The summed E-state index contributed by atoms with van der Waals surface area (Å²) in [5.41, 5.74) is 3.52. The summed E-state index contributed by atoms with van der Waals surface area (Å²) in [6.07, 6.45) is 4.60. The number of para-hydroxylation sites is 1. The number of aryl methyl sites for hydroxylation is 2. The molecule has 0 aliphatic rings. The van der Waals surface area contributed by atoms with E-state index >= 15 is 0 Å². The lowest BCUT2D eigenvalue weighted by Gasteiger charge is -2.19. The summed E-state index contributed by atoms with van der Waals surface area (Å²) in [6, 6.07) is 14.3. The molecule has 0 bridgehead atoms. The van der Waals surface area contributed by atoms with Crippen LogP contribution < -0.4 is 10.2 Å². The lowest BCUT2D eigenvalue weighted by molar-refractivity contribution is 0.848. The highest BCUT2D eigenvalue weighted by Crippen LogP contribution is 2.21. The van der Waals surface area contributed by atoms with Crippen molar-refractivity contribution in [2.45, 2.75) is 20.3 Å². The third-order valence-electron chi connectivity index (χ3n) is 4.11. The van der Waals surface area contributed by atoms with Crippen LogP contribution >= 0.6 is 0 Å². The second kappa shape index (κ2) is 7.75. The lowest BCUT2D eigenvalue weighted by atomic mass is 10.2. The van der Waals surface area contributed by atoms with Crippen molar-refractivity contribution >= 4 is 17.3 Å². The molecule has 3 rings (SSSR count). The Morgan fingerprint density at radius 1 is 1.00 bits per heavy atom. The van der Waals surface area contributed by atoms with Crippen LogP contribution in [0, 0.1) is 13.8 Å². The molecule has 0 fully saturated rings. The van der Waals surface area contributed by atoms with E-state index in [1.54, 1.807) is 0 Å². The number of nitrogens with one attached hydrogen (secondary N) is 1. The standard InChI is InChI=1S/C20H23N5/c1-15-6-4-5-7-18(15)24-19-14-20(23-16(2)22-19)25(3)13-10-17-8-11-21-12-9-17/h4-9,11-12,14H,10,13H2,1-3H3,(H,22,23,24). The highest BCUT2D eigenvalue weighted by Gasteiger charge is 2.08. The van der Waals surface area contributed by atoms with Gasteiger partial charge in [-0.2, -0.15) is 0 Å². The zero-order valence-corrected chi connectivity index (χ0v) is 14.9. The smallest absolute Gasteiger partial charge is 0.136 e. The van der Waals surface area contributed by atoms with Crippen LogP contribution in [0.25, 0.3) is 0 Å². The van der Waals surface area contributed by atoms with Gasteiger partial charge in [0.25, 0.3) is 0 Å². The van der Waals surface area contributed by atoms with Crippen LogP contribution in [0.2, 0.25) is 0 Å². The number of nitrogens with zero attached hydrogens (tertiary/aromatic N) is 4. The van der Waals surface area contributed by atoms with Gasteiger partial charge in [-0.15, -0.1) is 0 Å². The van der Waals surface area contributed by atoms with Crippen molar-refractivity contribution in [3.63, 3.8) is 0 Å². The predicted molar refractivity (Wildman–Crippen MR) is 102 cm³/mol. The summed E-state index contributed by atoms with van der Waals surface area (Å²) < 4.78 is 0. The number of likely N-dealkylation sites (N-methyl/N-ethyl adjacent to an activating group) is 1. The highest BCUT2D eigenvalue weighted by atomic mass is 15.2. The molecule has 2 heterocycles. The molecule has 25 heavy (non-hydrogen) atoms. The molecule has 0 spiro atoms. The van der Waals surface area contributed by atoms with E-state index in [1.165, 1.54) is 11.1 Å². The molecule has 0 unspecified atom stereocenters. The quantitative estimate of drug-likeness (QED) is 0.741. The molecule has 0 aliphatic carbocycles.